The molecule has 1 fully saturated rings. The van der Waals surface area contributed by atoms with Gasteiger partial charge in [-0.2, -0.15) is 0 Å². The van der Waals surface area contributed by atoms with E-state index < -0.39 is 11.6 Å². The van der Waals surface area contributed by atoms with Crippen molar-refractivity contribution in [2.75, 3.05) is 50.6 Å². The number of hydrogen-bond acceptors (Lipinski definition) is 4. The van der Waals surface area contributed by atoms with Crippen molar-refractivity contribution >= 4 is 17.4 Å². The van der Waals surface area contributed by atoms with Crippen molar-refractivity contribution in [1.29, 1.82) is 0 Å². The third-order valence-electron chi connectivity index (χ3n) is 4.45. The first-order valence-corrected chi connectivity index (χ1v) is 8.50. The van der Waals surface area contributed by atoms with Crippen molar-refractivity contribution in [2.45, 2.75) is 0 Å². The average Bonchev–Trinajstić information content (AvgIpc) is 2.68. The average molecular weight is 377 g/mol. The number of rotatable bonds is 4. The summed E-state index contributed by atoms with van der Waals surface area (Å²) in [6, 6.07) is 8.39. The highest BCUT2D eigenvalue weighted by molar-refractivity contribution is 5.90. The van der Waals surface area contributed by atoms with Crippen LogP contribution in [0.2, 0.25) is 0 Å². The number of methoxy groups -OCH3 is 2. The van der Waals surface area contributed by atoms with Gasteiger partial charge in [-0.05, 0) is 24.3 Å². The molecule has 1 aliphatic rings. The lowest BCUT2D eigenvalue weighted by molar-refractivity contribution is 0.208. The molecule has 3 rings (SSSR count). The lowest BCUT2D eigenvalue weighted by Gasteiger charge is -2.36. The molecule has 1 aliphatic heterocycles. The molecule has 2 aromatic rings. The molecule has 1 heterocycles. The van der Waals surface area contributed by atoms with Crippen LogP contribution in [-0.2, 0) is 0 Å². The molecule has 0 aliphatic carbocycles. The summed E-state index contributed by atoms with van der Waals surface area (Å²) in [5, 5.41) is 2.82. The molecule has 0 saturated carbocycles. The second-order valence-corrected chi connectivity index (χ2v) is 6.07. The summed E-state index contributed by atoms with van der Waals surface area (Å²) in [4.78, 5) is 15.9. The number of urea groups is 1. The quantitative estimate of drug-likeness (QED) is 0.888. The molecule has 8 heteroatoms. The molecule has 1 N–H and O–H groups in total. The van der Waals surface area contributed by atoms with Gasteiger partial charge >= 0.3 is 6.03 Å². The molecular weight excluding hydrogens is 356 g/mol. The maximum absolute atomic E-state index is 13.9. The Hall–Kier alpha value is -3.03. The van der Waals surface area contributed by atoms with Gasteiger partial charge in [-0.15, -0.1) is 0 Å². The number of anilines is 2. The standard InChI is InChI=1S/C19H21F2N3O3/c1-26-17-6-4-14(12-18(17)27-2)22-19(25)24-9-7-23(8-10-24)16-5-3-13(20)11-15(16)21/h3-6,11-12H,7-10H2,1-2H3,(H,22,25). The van der Waals surface area contributed by atoms with E-state index in [2.05, 4.69) is 5.32 Å². The summed E-state index contributed by atoms with van der Waals surface area (Å²) in [7, 11) is 3.07. The highest BCUT2D eigenvalue weighted by atomic mass is 19.1. The molecule has 27 heavy (non-hydrogen) atoms. The SMILES string of the molecule is COc1ccc(NC(=O)N2CCN(c3ccc(F)cc3F)CC2)cc1OC. The molecule has 1 saturated heterocycles. The van der Waals surface area contributed by atoms with Crippen molar-refractivity contribution in [3.63, 3.8) is 0 Å². The van der Waals surface area contributed by atoms with E-state index >= 15 is 0 Å². The molecule has 0 radical (unpaired) electrons. The minimum absolute atomic E-state index is 0.249. The van der Waals surface area contributed by atoms with Gasteiger partial charge in [0.05, 0.1) is 19.9 Å². The smallest absolute Gasteiger partial charge is 0.321 e. The van der Waals surface area contributed by atoms with Gasteiger partial charge in [0, 0.05) is 44.0 Å². The van der Waals surface area contributed by atoms with Crippen LogP contribution in [-0.4, -0.2) is 51.3 Å². The molecule has 0 bridgehead atoms. The van der Waals surface area contributed by atoms with E-state index in [9.17, 15) is 13.6 Å². The predicted molar refractivity (Wildman–Crippen MR) is 98.7 cm³/mol. The zero-order valence-electron chi connectivity index (χ0n) is 15.2. The topological polar surface area (TPSA) is 54.0 Å². The van der Waals surface area contributed by atoms with E-state index in [1.54, 1.807) is 35.1 Å². The second-order valence-electron chi connectivity index (χ2n) is 6.07. The molecule has 0 atom stereocenters. The van der Waals surface area contributed by atoms with E-state index in [0.717, 1.165) is 6.07 Å². The second kappa shape index (κ2) is 8.11. The Morgan fingerprint density at radius 2 is 1.67 bits per heavy atom. The lowest BCUT2D eigenvalue weighted by Crippen LogP contribution is -2.50. The molecule has 0 unspecified atom stereocenters. The highest BCUT2D eigenvalue weighted by Gasteiger charge is 2.23. The number of ether oxygens (including phenoxy) is 2. The third kappa shape index (κ3) is 4.21. The van der Waals surface area contributed by atoms with E-state index in [4.69, 9.17) is 9.47 Å². The van der Waals surface area contributed by atoms with Gasteiger partial charge in [0.1, 0.15) is 11.6 Å². The van der Waals surface area contributed by atoms with Crippen LogP contribution in [0.25, 0.3) is 0 Å². The first-order valence-electron chi connectivity index (χ1n) is 8.50. The fourth-order valence-electron chi connectivity index (χ4n) is 3.00. The Bertz CT molecular complexity index is 824. The minimum Gasteiger partial charge on any atom is -0.493 e. The fourth-order valence-corrected chi connectivity index (χ4v) is 3.00. The van der Waals surface area contributed by atoms with Gasteiger partial charge in [-0.1, -0.05) is 0 Å². The largest absolute Gasteiger partial charge is 0.493 e. The van der Waals surface area contributed by atoms with E-state index in [1.165, 1.54) is 19.2 Å². The Kier molecular flexibility index (Phi) is 5.63. The number of carbonyl (C=O) groups is 1. The van der Waals surface area contributed by atoms with Crippen LogP contribution in [0, 0.1) is 11.6 Å². The number of nitrogens with one attached hydrogen (secondary N) is 1. The number of carbonyl (C=O) groups excluding carboxylic acids is 1. The number of amides is 2. The number of piperazine rings is 1. The number of benzene rings is 2. The molecule has 2 aromatic carbocycles. The summed E-state index contributed by atoms with van der Waals surface area (Å²) >= 11 is 0. The van der Waals surface area contributed by atoms with Gasteiger partial charge in [-0.25, -0.2) is 13.6 Å². The van der Waals surface area contributed by atoms with Crippen LogP contribution in [0.3, 0.4) is 0 Å². The zero-order valence-corrected chi connectivity index (χ0v) is 15.2. The van der Waals surface area contributed by atoms with Crippen molar-refractivity contribution in [3.8, 4) is 11.5 Å². The van der Waals surface area contributed by atoms with Gasteiger partial charge in [0.2, 0.25) is 0 Å². The van der Waals surface area contributed by atoms with E-state index in [1.807, 2.05) is 0 Å². The highest BCUT2D eigenvalue weighted by Crippen LogP contribution is 2.30. The van der Waals surface area contributed by atoms with Crippen molar-refractivity contribution in [1.82, 2.24) is 4.90 Å². The maximum atomic E-state index is 13.9. The first-order chi connectivity index (χ1) is 13.0. The Morgan fingerprint density at radius 3 is 2.30 bits per heavy atom. The molecule has 0 aromatic heterocycles. The van der Waals surface area contributed by atoms with Crippen LogP contribution < -0.4 is 19.7 Å². The maximum Gasteiger partial charge on any atom is 0.321 e. The van der Waals surface area contributed by atoms with Crippen LogP contribution >= 0.6 is 0 Å². The Balaban J connectivity index is 1.60. The third-order valence-corrected chi connectivity index (χ3v) is 4.45. The van der Waals surface area contributed by atoms with Crippen molar-refractivity contribution < 1.29 is 23.0 Å². The normalized spacial score (nSPS) is 14.1. The fraction of sp³-hybridized carbons (Fsp3) is 0.316. The van der Waals surface area contributed by atoms with Crippen LogP contribution in [0.15, 0.2) is 36.4 Å². The van der Waals surface area contributed by atoms with Crippen molar-refractivity contribution in [3.05, 3.63) is 48.0 Å². The van der Waals surface area contributed by atoms with Gasteiger partial charge in [-0.3, -0.25) is 0 Å². The Morgan fingerprint density at radius 1 is 0.963 bits per heavy atom. The summed E-state index contributed by atoms with van der Waals surface area (Å²) in [5.74, 6) is -0.111. The lowest BCUT2D eigenvalue weighted by atomic mass is 10.2. The molecule has 0 spiro atoms. The molecule has 6 nitrogen and oxygen atoms in total. The molecule has 144 valence electrons. The van der Waals surface area contributed by atoms with Crippen LogP contribution in [0.4, 0.5) is 25.0 Å². The van der Waals surface area contributed by atoms with Gasteiger partial charge < -0.3 is 24.6 Å². The first kappa shape index (κ1) is 18.8. The minimum atomic E-state index is -0.607. The monoisotopic (exact) mass is 377 g/mol. The molecule has 2 amide bonds. The summed E-state index contributed by atoms with van der Waals surface area (Å²) in [5.41, 5.74) is 0.931. The number of halogens is 2. The van der Waals surface area contributed by atoms with E-state index in [0.29, 0.717) is 49.1 Å². The number of nitrogens with zero attached hydrogens (tertiary/aromatic N) is 2. The van der Waals surface area contributed by atoms with Gasteiger partial charge in [0.25, 0.3) is 0 Å². The van der Waals surface area contributed by atoms with Crippen molar-refractivity contribution in [2.24, 2.45) is 0 Å². The summed E-state index contributed by atoms with van der Waals surface area (Å²) in [6.07, 6.45) is 0. The Labute approximate surface area is 156 Å². The zero-order chi connectivity index (χ0) is 19.4. The number of hydrogen-bond donors (Lipinski definition) is 1. The van der Waals surface area contributed by atoms with Crippen LogP contribution in [0.1, 0.15) is 0 Å². The summed E-state index contributed by atoms with van der Waals surface area (Å²) in [6.45, 7) is 1.77. The van der Waals surface area contributed by atoms with Gasteiger partial charge in [0.15, 0.2) is 11.5 Å². The predicted octanol–water partition coefficient (Wildman–Crippen LogP) is 3.34. The summed E-state index contributed by atoms with van der Waals surface area (Å²) < 4.78 is 37.4. The molecular formula is C19H21F2N3O3. The van der Waals surface area contributed by atoms with Crippen LogP contribution in [0.5, 0.6) is 11.5 Å². The van der Waals surface area contributed by atoms with E-state index in [-0.39, 0.29) is 6.03 Å².